The van der Waals surface area contributed by atoms with E-state index in [1.807, 2.05) is 84.4 Å². The third-order valence-electron chi connectivity index (χ3n) is 6.60. The van der Waals surface area contributed by atoms with Crippen LogP contribution in [0.25, 0.3) is 5.69 Å². The number of aliphatic hydroxyl groups excluding tert-OH is 1. The molecule has 1 atom stereocenters. The second-order valence-electron chi connectivity index (χ2n) is 9.40. The minimum atomic E-state index is -0.441. The summed E-state index contributed by atoms with van der Waals surface area (Å²) in [5.41, 5.74) is 4.05. The Bertz CT molecular complexity index is 1250. The molecule has 6 heteroatoms. The highest BCUT2D eigenvalue weighted by molar-refractivity contribution is 5.44. The average molecular weight is 484 g/mol. The van der Waals surface area contributed by atoms with Crippen LogP contribution in [0.4, 0.5) is 0 Å². The van der Waals surface area contributed by atoms with Crippen molar-refractivity contribution < 1.29 is 14.6 Å². The molecule has 0 aliphatic heterocycles. The summed E-state index contributed by atoms with van der Waals surface area (Å²) in [5.74, 6) is 2.20. The third-order valence-corrected chi connectivity index (χ3v) is 6.60. The molecule has 0 radical (unpaired) electrons. The zero-order chi connectivity index (χ0) is 24.9. The molecule has 0 bridgehead atoms. The number of aliphatic hydroxyl groups is 1. The summed E-state index contributed by atoms with van der Waals surface area (Å²) in [5, 5.41) is 15.8. The standard InChI is InChI=1S/C30H33N3O3/c1-22-29(21-32(24-13-14-24)20-26(34)19-23-9-5-3-6-10-23)30(33(31-22)25-11-7-4-8-12-25)36-28-17-15-27(35-2)16-18-28/h3-12,15-18,24,26,34H,13-14,19-21H2,1-2H3. The molecule has 5 rings (SSSR count). The van der Waals surface area contributed by atoms with Crippen LogP contribution in [-0.2, 0) is 13.0 Å². The van der Waals surface area contributed by atoms with Crippen LogP contribution in [0.5, 0.6) is 17.4 Å². The molecule has 1 heterocycles. The molecular weight excluding hydrogens is 450 g/mol. The minimum absolute atomic E-state index is 0.441. The Morgan fingerprint density at radius 2 is 1.58 bits per heavy atom. The Morgan fingerprint density at radius 1 is 0.944 bits per heavy atom. The number of hydrogen-bond acceptors (Lipinski definition) is 5. The summed E-state index contributed by atoms with van der Waals surface area (Å²) in [6, 6.07) is 28.3. The van der Waals surface area contributed by atoms with Crippen molar-refractivity contribution in [2.45, 2.75) is 44.9 Å². The van der Waals surface area contributed by atoms with Gasteiger partial charge in [0.15, 0.2) is 0 Å². The van der Waals surface area contributed by atoms with Gasteiger partial charge in [-0.15, -0.1) is 0 Å². The number of nitrogens with zero attached hydrogens (tertiary/aromatic N) is 3. The summed E-state index contributed by atoms with van der Waals surface area (Å²) >= 11 is 0. The van der Waals surface area contributed by atoms with Gasteiger partial charge >= 0.3 is 0 Å². The van der Waals surface area contributed by atoms with Gasteiger partial charge in [-0.25, -0.2) is 4.68 Å². The van der Waals surface area contributed by atoms with E-state index in [1.165, 1.54) is 0 Å². The van der Waals surface area contributed by atoms with Crippen molar-refractivity contribution in [2.24, 2.45) is 0 Å². The molecule has 186 valence electrons. The summed E-state index contributed by atoms with van der Waals surface area (Å²) < 4.78 is 13.7. The maximum Gasteiger partial charge on any atom is 0.227 e. The van der Waals surface area contributed by atoms with Crippen molar-refractivity contribution in [1.29, 1.82) is 0 Å². The largest absolute Gasteiger partial charge is 0.497 e. The fourth-order valence-corrected chi connectivity index (χ4v) is 4.53. The summed E-state index contributed by atoms with van der Waals surface area (Å²) in [4.78, 5) is 2.38. The van der Waals surface area contributed by atoms with E-state index in [2.05, 4.69) is 17.0 Å². The van der Waals surface area contributed by atoms with Crippen molar-refractivity contribution in [2.75, 3.05) is 13.7 Å². The van der Waals surface area contributed by atoms with Crippen molar-refractivity contribution >= 4 is 0 Å². The first kappa shape index (κ1) is 24.1. The second kappa shape index (κ2) is 11.0. The predicted molar refractivity (Wildman–Crippen MR) is 141 cm³/mol. The number of aromatic nitrogens is 2. The maximum atomic E-state index is 10.9. The highest BCUT2D eigenvalue weighted by Crippen LogP contribution is 2.35. The summed E-state index contributed by atoms with van der Waals surface area (Å²) in [6.45, 7) is 3.30. The first-order chi connectivity index (χ1) is 17.6. The maximum absolute atomic E-state index is 10.9. The van der Waals surface area contributed by atoms with Gasteiger partial charge in [-0.05, 0) is 68.1 Å². The average Bonchev–Trinajstić information content (AvgIpc) is 3.71. The minimum Gasteiger partial charge on any atom is -0.497 e. The lowest BCUT2D eigenvalue weighted by molar-refractivity contribution is 0.103. The van der Waals surface area contributed by atoms with Gasteiger partial charge < -0.3 is 14.6 Å². The molecular formula is C30H33N3O3. The Hall–Kier alpha value is -3.61. The molecule has 1 aromatic heterocycles. The Labute approximate surface area is 212 Å². The van der Waals surface area contributed by atoms with Crippen LogP contribution in [-0.4, -0.2) is 45.6 Å². The van der Waals surface area contributed by atoms with Crippen molar-refractivity contribution in [1.82, 2.24) is 14.7 Å². The van der Waals surface area contributed by atoms with Gasteiger partial charge in [-0.1, -0.05) is 48.5 Å². The van der Waals surface area contributed by atoms with Crippen LogP contribution in [0, 0.1) is 6.92 Å². The number of benzene rings is 3. The van der Waals surface area contributed by atoms with Gasteiger partial charge in [0.2, 0.25) is 5.88 Å². The number of aryl methyl sites for hydroxylation is 1. The Morgan fingerprint density at radius 3 is 2.22 bits per heavy atom. The number of ether oxygens (including phenoxy) is 2. The van der Waals surface area contributed by atoms with Crippen molar-refractivity contribution in [3.8, 4) is 23.1 Å². The van der Waals surface area contributed by atoms with E-state index in [0.717, 1.165) is 46.8 Å². The highest BCUT2D eigenvalue weighted by atomic mass is 16.5. The van der Waals surface area contributed by atoms with E-state index in [1.54, 1.807) is 7.11 Å². The number of hydrogen-bond donors (Lipinski definition) is 1. The molecule has 36 heavy (non-hydrogen) atoms. The fourth-order valence-electron chi connectivity index (χ4n) is 4.53. The molecule has 1 saturated carbocycles. The monoisotopic (exact) mass is 483 g/mol. The molecule has 3 aromatic carbocycles. The summed E-state index contributed by atoms with van der Waals surface area (Å²) in [6.07, 6.45) is 2.50. The smallest absolute Gasteiger partial charge is 0.227 e. The highest BCUT2D eigenvalue weighted by Gasteiger charge is 2.32. The van der Waals surface area contributed by atoms with E-state index >= 15 is 0 Å². The van der Waals surface area contributed by atoms with Gasteiger partial charge in [0, 0.05) is 19.1 Å². The third kappa shape index (κ3) is 5.78. The molecule has 1 unspecified atom stereocenters. The van der Waals surface area contributed by atoms with E-state index in [9.17, 15) is 5.11 Å². The quantitative estimate of drug-likeness (QED) is 0.303. The molecule has 0 amide bonds. The van der Waals surface area contributed by atoms with E-state index in [4.69, 9.17) is 14.6 Å². The molecule has 1 aliphatic rings. The molecule has 4 aromatic rings. The van der Waals surface area contributed by atoms with E-state index in [0.29, 0.717) is 31.4 Å². The zero-order valence-corrected chi connectivity index (χ0v) is 20.9. The van der Waals surface area contributed by atoms with E-state index < -0.39 is 6.10 Å². The van der Waals surface area contributed by atoms with Gasteiger partial charge in [0.05, 0.1) is 30.2 Å². The van der Waals surface area contributed by atoms with E-state index in [-0.39, 0.29) is 0 Å². The molecule has 0 saturated heterocycles. The number of methoxy groups -OCH3 is 1. The SMILES string of the molecule is COc1ccc(Oc2c(CN(CC(O)Cc3ccccc3)C3CC3)c(C)nn2-c2ccccc2)cc1. The topological polar surface area (TPSA) is 59.8 Å². The van der Waals surface area contributed by atoms with Gasteiger partial charge in [-0.3, -0.25) is 4.90 Å². The first-order valence-electron chi connectivity index (χ1n) is 12.5. The lowest BCUT2D eigenvalue weighted by Crippen LogP contribution is -2.35. The van der Waals surface area contributed by atoms with Crippen LogP contribution >= 0.6 is 0 Å². The summed E-state index contributed by atoms with van der Waals surface area (Å²) in [7, 11) is 1.65. The number of rotatable bonds is 11. The van der Waals surface area contributed by atoms with Gasteiger partial charge in [0.25, 0.3) is 0 Å². The predicted octanol–water partition coefficient (Wildman–Crippen LogP) is 5.55. The van der Waals surface area contributed by atoms with Crippen LogP contribution in [0.2, 0.25) is 0 Å². The van der Waals surface area contributed by atoms with Gasteiger partial charge in [0.1, 0.15) is 11.5 Å². The molecule has 1 aliphatic carbocycles. The normalized spacial score (nSPS) is 14.1. The van der Waals surface area contributed by atoms with Crippen LogP contribution in [0.3, 0.4) is 0 Å². The Balaban J connectivity index is 1.43. The molecule has 1 N–H and O–H groups in total. The molecule has 1 fully saturated rings. The lowest BCUT2D eigenvalue weighted by Gasteiger charge is -2.25. The molecule has 6 nitrogen and oxygen atoms in total. The Kier molecular flexibility index (Phi) is 7.35. The van der Waals surface area contributed by atoms with Crippen LogP contribution < -0.4 is 9.47 Å². The van der Waals surface area contributed by atoms with Gasteiger partial charge in [-0.2, -0.15) is 5.10 Å². The number of para-hydroxylation sites is 1. The van der Waals surface area contributed by atoms with Crippen molar-refractivity contribution in [3.05, 3.63) is 102 Å². The first-order valence-corrected chi connectivity index (χ1v) is 12.5. The fraction of sp³-hybridized carbons (Fsp3) is 0.300. The van der Waals surface area contributed by atoms with Crippen molar-refractivity contribution in [3.63, 3.8) is 0 Å². The lowest BCUT2D eigenvalue weighted by atomic mass is 10.1. The zero-order valence-electron chi connectivity index (χ0n) is 20.9. The van der Waals surface area contributed by atoms with Crippen LogP contribution in [0.1, 0.15) is 29.7 Å². The second-order valence-corrected chi connectivity index (χ2v) is 9.40. The molecule has 0 spiro atoms. The van der Waals surface area contributed by atoms with Crippen LogP contribution in [0.15, 0.2) is 84.9 Å².